The summed E-state index contributed by atoms with van der Waals surface area (Å²) >= 11 is 0. The highest BCUT2D eigenvalue weighted by Crippen LogP contribution is 2.14. The van der Waals surface area contributed by atoms with Crippen molar-refractivity contribution in [2.24, 2.45) is 12.0 Å². The maximum Gasteiger partial charge on any atom is 0.191 e. The number of halogens is 1. The molecule has 0 spiro atoms. The first-order chi connectivity index (χ1) is 13.2. The second kappa shape index (κ2) is 12.1. The van der Waals surface area contributed by atoms with Crippen molar-refractivity contribution < 1.29 is 0 Å². The van der Waals surface area contributed by atoms with Gasteiger partial charge < -0.3 is 10.6 Å². The summed E-state index contributed by atoms with van der Waals surface area (Å²) in [6, 6.07) is 10.9. The summed E-state index contributed by atoms with van der Waals surface area (Å²) in [6.07, 6.45) is 5.88. The zero-order valence-electron chi connectivity index (χ0n) is 17.0. The van der Waals surface area contributed by atoms with Gasteiger partial charge in [-0.15, -0.1) is 24.0 Å². The Balaban J connectivity index is 0.00000280. The van der Waals surface area contributed by atoms with Crippen molar-refractivity contribution in [1.82, 2.24) is 25.3 Å². The monoisotopic (exact) mass is 496 g/mol. The summed E-state index contributed by atoms with van der Waals surface area (Å²) in [5.41, 5.74) is 3.75. The van der Waals surface area contributed by atoms with Gasteiger partial charge in [0.2, 0.25) is 0 Å². The van der Waals surface area contributed by atoms with Crippen LogP contribution in [0.1, 0.15) is 43.0 Å². The van der Waals surface area contributed by atoms with Crippen molar-refractivity contribution in [1.29, 1.82) is 0 Å². The van der Waals surface area contributed by atoms with Gasteiger partial charge in [0.1, 0.15) is 0 Å². The lowest BCUT2D eigenvalue weighted by molar-refractivity contribution is 0.221. The number of hydrogen-bond acceptors (Lipinski definition) is 3. The van der Waals surface area contributed by atoms with E-state index in [-0.39, 0.29) is 24.0 Å². The van der Waals surface area contributed by atoms with Crippen LogP contribution < -0.4 is 10.6 Å². The van der Waals surface area contributed by atoms with Crippen molar-refractivity contribution >= 4 is 29.9 Å². The maximum atomic E-state index is 4.71. The molecule has 1 aliphatic heterocycles. The number of nitrogens with one attached hydrogen (secondary N) is 2. The molecule has 7 heteroatoms. The number of benzene rings is 1. The Bertz CT molecular complexity index is 719. The number of nitrogens with zero attached hydrogens (tertiary/aromatic N) is 4. The van der Waals surface area contributed by atoms with Crippen molar-refractivity contribution in [2.75, 3.05) is 19.6 Å². The molecule has 2 aromatic rings. The SMILES string of the molecule is CCNC(=NCc1ccc(CN2CCCCC2)cc1)NCc1ccnn1C.I. The van der Waals surface area contributed by atoms with Gasteiger partial charge in [-0.25, -0.2) is 4.99 Å². The van der Waals surface area contributed by atoms with E-state index < -0.39 is 0 Å². The standard InChI is InChI=1S/C21H32N6.HI/c1-3-22-21(24-16-20-11-12-25-26(20)2)23-15-18-7-9-19(10-8-18)17-27-13-5-4-6-14-27;/h7-12H,3-6,13-17H2,1-2H3,(H2,22,23,24);1H. The largest absolute Gasteiger partial charge is 0.357 e. The quantitative estimate of drug-likeness (QED) is 0.351. The second-order valence-corrected chi connectivity index (χ2v) is 7.15. The fraction of sp³-hybridized carbons (Fsp3) is 0.524. The Morgan fingerprint density at radius 2 is 1.75 bits per heavy atom. The van der Waals surface area contributed by atoms with E-state index in [0.717, 1.165) is 24.7 Å². The lowest BCUT2D eigenvalue weighted by Crippen LogP contribution is -2.37. The van der Waals surface area contributed by atoms with Crippen LogP contribution in [0.5, 0.6) is 0 Å². The summed E-state index contributed by atoms with van der Waals surface area (Å²) in [5.74, 6) is 0.830. The van der Waals surface area contributed by atoms with Gasteiger partial charge in [-0.2, -0.15) is 5.10 Å². The average Bonchev–Trinajstić information content (AvgIpc) is 3.11. The van der Waals surface area contributed by atoms with Gasteiger partial charge in [0.25, 0.3) is 0 Å². The molecule has 0 saturated carbocycles. The number of likely N-dealkylation sites (tertiary alicyclic amines) is 1. The molecule has 0 bridgehead atoms. The van der Waals surface area contributed by atoms with Crippen molar-refractivity contribution in [3.8, 4) is 0 Å². The molecule has 2 heterocycles. The first-order valence-electron chi connectivity index (χ1n) is 10.0. The lowest BCUT2D eigenvalue weighted by atomic mass is 10.1. The molecule has 0 atom stereocenters. The van der Waals surface area contributed by atoms with E-state index in [0.29, 0.717) is 13.1 Å². The molecule has 2 N–H and O–H groups in total. The van der Waals surface area contributed by atoms with E-state index >= 15 is 0 Å². The van der Waals surface area contributed by atoms with Gasteiger partial charge in [0, 0.05) is 26.3 Å². The smallest absolute Gasteiger partial charge is 0.191 e. The van der Waals surface area contributed by atoms with Crippen LogP contribution in [-0.4, -0.2) is 40.3 Å². The molecule has 28 heavy (non-hydrogen) atoms. The van der Waals surface area contributed by atoms with Gasteiger partial charge >= 0.3 is 0 Å². The molecular formula is C21H33IN6. The molecular weight excluding hydrogens is 463 g/mol. The number of hydrogen-bond donors (Lipinski definition) is 2. The van der Waals surface area contributed by atoms with Gasteiger partial charge in [-0.1, -0.05) is 30.7 Å². The number of guanidine groups is 1. The molecule has 6 nitrogen and oxygen atoms in total. The molecule has 1 fully saturated rings. The highest BCUT2D eigenvalue weighted by molar-refractivity contribution is 14.0. The van der Waals surface area contributed by atoms with Crippen LogP contribution in [-0.2, 0) is 26.7 Å². The molecule has 1 saturated heterocycles. The molecule has 154 valence electrons. The molecule has 3 rings (SSSR count). The normalized spacial score (nSPS) is 15.1. The average molecular weight is 496 g/mol. The number of aryl methyl sites for hydroxylation is 1. The van der Waals surface area contributed by atoms with Gasteiger partial charge in [-0.3, -0.25) is 9.58 Å². The summed E-state index contributed by atoms with van der Waals surface area (Å²) in [4.78, 5) is 7.27. The molecule has 0 amide bonds. The summed E-state index contributed by atoms with van der Waals surface area (Å²) < 4.78 is 1.87. The Morgan fingerprint density at radius 3 is 2.39 bits per heavy atom. The highest BCUT2D eigenvalue weighted by atomic mass is 127. The Kier molecular flexibility index (Phi) is 9.77. The van der Waals surface area contributed by atoms with E-state index in [9.17, 15) is 0 Å². The molecule has 1 aromatic heterocycles. The number of aromatic nitrogens is 2. The Hall–Kier alpha value is -1.61. The molecule has 1 aromatic carbocycles. The lowest BCUT2D eigenvalue weighted by Gasteiger charge is -2.26. The highest BCUT2D eigenvalue weighted by Gasteiger charge is 2.10. The topological polar surface area (TPSA) is 57.5 Å². The van der Waals surface area contributed by atoms with Crippen LogP contribution in [0.4, 0.5) is 0 Å². The first kappa shape index (κ1) is 22.7. The van der Waals surface area contributed by atoms with Crippen LogP contribution in [0, 0.1) is 0 Å². The number of rotatable bonds is 7. The number of piperidine rings is 1. The summed E-state index contributed by atoms with van der Waals surface area (Å²) in [5, 5.41) is 10.9. The van der Waals surface area contributed by atoms with Crippen LogP contribution in [0.2, 0.25) is 0 Å². The number of aliphatic imine (C=N–C) groups is 1. The van der Waals surface area contributed by atoms with Crippen LogP contribution >= 0.6 is 24.0 Å². The van der Waals surface area contributed by atoms with Gasteiger partial charge in [0.15, 0.2) is 5.96 Å². The van der Waals surface area contributed by atoms with E-state index in [4.69, 9.17) is 4.99 Å². The third kappa shape index (κ3) is 7.09. The summed E-state index contributed by atoms with van der Waals surface area (Å²) in [7, 11) is 1.95. The first-order valence-corrected chi connectivity index (χ1v) is 10.0. The Morgan fingerprint density at radius 1 is 1.04 bits per heavy atom. The zero-order valence-corrected chi connectivity index (χ0v) is 19.4. The predicted octanol–water partition coefficient (Wildman–Crippen LogP) is 3.28. The fourth-order valence-corrected chi connectivity index (χ4v) is 3.39. The minimum Gasteiger partial charge on any atom is -0.357 e. The molecule has 0 unspecified atom stereocenters. The zero-order chi connectivity index (χ0) is 18.9. The van der Waals surface area contributed by atoms with Gasteiger partial charge in [0.05, 0.1) is 18.8 Å². The van der Waals surface area contributed by atoms with E-state index in [1.54, 1.807) is 0 Å². The minimum atomic E-state index is 0. The summed E-state index contributed by atoms with van der Waals surface area (Å²) in [6.45, 7) is 7.84. The maximum absolute atomic E-state index is 4.71. The molecule has 1 aliphatic rings. The third-order valence-electron chi connectivity index (χ3n) is 5.00. The molecule has 0 radical (unpaired) electrons. The van der Waals surface area contributed by atoms with E-state index in [1.807, 2.05) is 24.0 Å². The van der Waals surface area contributed by atoms with Crippen molar-refractivity contribution in [3.63, 3.8) is 0 Å². The molecule has 0 aliphatic carbocycles. The van der Waals surface area contributed by atoms with Crippen molar-refractivity contribution in [2.45, 2.75) is 45.8 Å². The van der Waals surface area contributed by atoms with Crippen LogP contribution in [0.25, 0.3) is 0 Å². The van der Waals surface area contributed by atoms with Crippen LogP contribution in [0.15, 0.2) is 41.5 Å². The van der Waals surface area contributed by atoms with Crippen molar-refractivity contribution in [3.05, 3.63) is 53.3 Å². The van der Waals surface area contributed by atoms with E-state index in [1.165, 1.54) is 43.5 Å². The van der Waals surface area contributed by atoms with Gasteiger partial charge in [-0.05, 0) is 50.0 Å². The Labute approximate surface area is 185 Å². The third-order valence-corrected chi connectivity index (χ3v) is 5.00. The predicted molar refractivity (Wildman–Crippen MR) is 126 cm³/mol. The van der Waals surface area contributed by atoms with E-state index in [2.05, 4.69) is 51.8 Å². The minimum absolute atomic E-state index is 0. The second-order valence-electron chi connectivity index (χ2n) is 7.15. The fourth-order valence-electron chi connectivity index (χ4n) is 3.39. The van der Waals surface area contributed by atoms with Crippen LogP contribution in [0.3, 0.4) is 0 Å².